The molecule has 0 bridgehead atoms. The number of rotatable bonds is 19. The van der Waals surface area contributed by atoms with Crippen LogP contribution in [0.4, 0.5) is 0 Å². The molecule has 2 heterocycles. The third-order valence-electron chi connectivity index (χ3n) is 11.0. The lowest BCUT2D eigenvalue weighted by Crippen LogP contribution is -2.58. The number of ether oxygens (including phenoxy) is 6. The summed E-state index contributed by atoms with van der Waals surface area (Å²) in [6, 6.07) is 62.5. The van der Waals surface area contributed by atoms with Gasteiger partial charge in [-0.2, -0.15) is 0 Å². The average Bonchev–Trinajstić information content (AvgIpc) is 3.86. The molecule has 8 rings (SSSR count). The molecule has 1 aliphatic heterocycles. The molecule has 0 saturated carbocycles. The SMILES string of the molecule is COc1ccc(C(Cc2ccccc2)c2cccs2)cc1[C@@H]1O[C@H](COCc2ccccc2)[C@@H](OCc2ccccc2)[C@H](OCc2ccccc2)[C@H]1OCc1ccccc1. The standard InChI is InChI=1S/C53H52O6S/c1-54-47-30-29-44(45(49-28-17-31-60-49)32-39-18-7-2-8-19-39)33-46(47)50-52(57-36-42-24-13-5-14-25-42)53(58-37-43-26-15-6-16-27-43)51(56-35-41-22-11-4-12-23-41)48(59-50)38-55-34-40-20-9-3-10-21-40/h2-31,33,45,48,50-53H,32,34-38H2,1H3/t45?,48-,50+,51-,52+,53+/m1/s1. The first-order valence-electron chi connectivity index (χ1n) is 20.7. The van der Waals surface area contributed by atoms with Crippen LogP contribution < -0.4 is 4.74 Å². The second-order valence-electron chi connectivity index (χ2n) is 15.1. The van der Waals surface area contributed by atoms with Crippen LogP contribution in [0.15, 0.2) is 187 Å². The molecular formula is C53H52O6S. The number of hydrogen-bond donors (Lipinski definition) is 0. The Morgan fingerprint density at radius 3 is 1.53 bits per heavy atom. The third-order valence-corrected chi connectivity index (χ3v) is 12.0. The van der Waals surface area contributed by atoms with Crippen molar-refractivity contribution in [3.05, 3.63) is 231 Å². The molecule has 1 aromatic heterocycles. The van der Waals surface area contributed by atoms with Gasteiger partial charge in [-0.05, 0) is 63.4 Å². The number of hydrogen-bond acceptors (Lipinski definition) is 7. The van der Waals surface area contributed by atoms with Crippen LogP contribution in [-0.4, -0.2) is 38.1 Å². The van der Waals surface area contributed by atoms with E-state index in [4.69, 9.17) is 28.4 Å². The molecule has 7 aromatic rings. The van der Waals surface area contributed by atoms with Crippen LogP contribution in [0.25, 0.3) is 0 Å². The van der Waals surface area contributed by atoms with Gasteiger partial charge in [0.2, 0.25) is 0 Å². The van der Waals surface area contributed by atoms with E-state index < -0.39 is 30.5 Å². The molecule has 1 aliphatic rings. The molecule has 7 heteroatoms. The molecule has 1 unspecified atom stereocenters. The van der Waals surface area contributed by atoms with E-state index in [1.165, 1.54) is 16.0 Å². The van der Waals surface area contributed by atoms with Gasteiger partial charge in [-0.25, -0.2) is 0 Å². The van der Waals surface area contributed by atoms with Crippen molar-refractivity contribution in [2.75, 3.05) is 13.7 Å². The lowest BCUT2D eigenvalue weighted by atomic mass is 9.85. The largest absolute Gasteiger partial charge is 0.496 e. The third kappa shape index (κ3) is 10.9. The first kappa shape index (κ1) is 41.4. The number of benzene rings is 6. The van der Waals surface area contributed by atoms with E-state index in [2.05, 4.69) is 115 Å². The molecule has 6 atom stereocenters. The highest BCUT2D eigenvalue weighted by Crippen LogP contribution is 2.44. The maximum atomic E-state index is 7.35. The lowest BCUT2D eigenvalue weighted by molar-refractivity contribution is -0.275. The fraction of sp³-hybridized carbons (Fsp3) is 0.245. The summed E-state index contributed by atoms with van der Waals surface area (Å²) in [6.45, 7) is 1.79. The smallest absolute Gasteiger partial charge is 0.124 e. The van der Waals surface area contributed by atoms with Crippen LogP contribution in [0.3, 0.4) is 0 Å². The van der Waals surface area contributed by atoms with Gasteiger partial charge in [0.05, 0.1) is 40.1 Å². The predicted molar refractivity (Wildman–Crippen MR) is 238 cm³/mol. The molecule has 0 radical (unpaired) electrons. The van der Waals surface area contributed by atoms with Crippen molar-refractivity contribution in [1.29, 1.82) is 0 Å². The Bertz CT molecular complexity index is 2270. The molecule has 0 aliphatic carbocycles. The minimum absolute atomic E-state index is 0.112. The van der Waals surface area contributed by atoms with Gasteiger partial charge in [0.1, 0.15) is 36.3 Å². The van der Waals surface area contributed by atoms with Crippen LogP contribution in [-0.2, 0) is 56.5 Å². The summed E-state index contributed by atoms with van der Waals surface area (Å²) in [5, 5.41) is 2.15. The van der Waals surface area contributed by atoms with Crippen molar-refractivity contribution in [3.63, 3.8) is 0 Å². The molecule has 0 N–H and O–H groups in total. The summed E-state index contributed by atoms with van der Waals surface area (Å²) < 4.78 is 41.2. The van der Waals surface area contributed by atoms with Crippen LogP contribution in [0.5, 0.6) is 5.75 Å². The summed E-state index contributed by atoms with van der Waals surface area (Å²) in [7, 11) is 1.72. The van der Waals surface area contributed by atoms with Crippen LogP contribution in [0, 0.1) is 0 Å². The summed E-state index contributed by atoms with van der Waals surface area (Å²) in [5.41, 5.74) is 7.58. The normalized spacial score (nSPS) is 19.4. The quantitative estimate of drug-likeness (QED) is 0.0810. The molecule has 1 saturated heterocycles. The van der Waals surface area contributed by atoms with E-state index >= 15 is 0 Å². The van der Waals surface area contributed by atoms with Gasteiger partial charge in [-0.15, -0.1) is 11.3 Å². The molecule has 0 amide bonds. The summed E-state index contributed by atoms with van der Waals surface area (Å²) in [5.74, 6) is 0.831. The van der Waals surface area contributed by atoms with E-state index in [1.807, 2.05) is 72.8 Å². The first-order chi connectivity index (χ1) is 29.7. The van der Waals surface area contributed by atoms with Gasteiger partial charge in [0.25, 0.3) is 0 Å². The molecular weight excluding hydrogens is 765 g/mol. The van der Waals surface area contributed by atoms with Crippen molar-refractivity contribution >= 4 is 11.3 Å². The molecule has 1 fully saturated rings. The summed E-state index contributed by atoms with van der Waals surface area (Å²) >= 11 is 1.78. The Labute approximate surface area is 358 Å². The molecule has 0 spiro atoms. The lowest BCUT2D eigenvalue weighted by Gasteiger charge is -2.46. The first-order valence-corrected chi connectivity index (χ1v) is 21.6. The van der Waals surface area contributed by atoms with Crippen molar-refractivity contribution in [1.82, 2.24) is 0 Å². The Morgan fingerprint density at radius 1 is 0.517 bits per heavy atom. The molecule has 6 aromatic carbocycles. The van der Waals surface area contributed by atoms with Crippen molar-refractivity contribution < 1.29 is 28.4 Å². The summed E-state index contributed by atoms with van der Waals surface area (Å²) in [6.07, 6.45) is -1.99. The number of thiophene rings is 1. The molecule has 306 valence electrons. The van der Waals surface area contributed by atoms with Gasteiger partial charge in [0, 0.05) is 16.4 Å². The number of methoxy groups -OCH3 is 1. The van der Waals surface area contributed by atoms with E-state index in [0.717, 1.165) is 40.0 Å². The van der Waals surface area contributed by atoms with Crippen molar-refractivity contribution in [2.45, 2.75) is 69.3 Å². The van der Waals surface area contributed by atoms with Gasteiger partial charge in [-0.3, -0.25) is 0 Å². The van der Waals surface area contributed by atoms with Crippen LogP contribution >= 0.6 is 11.3 Å². The average molecular weight is 817 g/mol. The highest BCUT2D eigenvalue weighted by atomic mass is 32.1. The zero-order valence-electron chi connectivity index (χ0n) is 34.0. The maximum Gasteiger partial charge on any atom is 0.124 e. The Hall–Kier alpha value is -5.38. The van der Waals surface area contributed by atoms with Crippen molar-refractivity contribution in [2.24, 2.45) is 0 Å². The van der Waals surface area contributed by atoms with Gasteiger partial charge in [-0.1, -0.05) is 164 Å². The van der Waals surface area contributed by atoms with Crippen molar-refractivity contribution in [3.8, 4) is 5.75 Å². The molecule has 6 nitrogen and oxygen atoms in total. The van der Waals surface area contributed by atoms with Gasteiger partial charge < -0.3 is 28.4 Å². The fourth-order valence-corrected chi connectivity index (χ4v) is 8.81. The Morgan fingerprint density at radius 2 is 1.02 bits per heavy atom. The van der Waals surface area contributed by atoms with Crippen LogP contribution in [0.2, 0.25) is 0 Å². The van der Waals surface area contributed by atoms with E-state index in [9.17, 15) is 0 Å². The van der Waals surface area contributed by atoms with Gasteiger partial charge >= 0.3 is 0 Å². The monoisotopic (exact) mass is 816 g/mol. The van der Waals surface area contributed by atoms with E-state index in [0.29, 0.717) is 26.4 Å². The second kappa shape index (κ2) is 21.2. The zero-order chi connectivity index (χ0) is 40.8. The zero-order valence-corrected chi connectivity index (χ0v) is 34.8. The Balaban J connectivity index is 1.21. The highest BCUT2D eigenvalue weighted by molar-refractivity contribution is 7.10. The molecule has 60 heavy (non-hydrogen) atoms. The maximum absolute atomic E-state index is 7.35. The minimum Gasteiger partial charge on any atom is -0.496 e. The second-order valence-corrected chi connectivity index (χ2v) is 16.1. The minimum atomic E-state index is -0.605. The Kier molecular flexibility index (Phi) is 14.6. The fourth-order valence-electron chi connectivity index (χ4n) is 7.95. The highest BCUT2D eigenvalue weighted by Gasteiger charge is 2.50. The topological polar surface area (TPSA) is 55.4 Å². The summed E-state index contributed by atoms with van der Waals surface area (Å²) in [4.78, 5) is 1.29. The van der Waals surface area contributed by atoms with Crippen LogP contribution in [0.1, 0.15) is 55.8 Å². The van der Waals surface area contributed by atoms with E-state index in [-0.39, 0.29) is 12.5 Å². The van der Waals surface area contributed by atoms with Gasteiger partial charge in [0.15, 0.2) is 0 Å². The predicted octanol–water partition coefficient (Wildman–Crippen LogP) is 11.5. The van der Waals surface area contributed by atoms with E-state index in [1.54, 1.807) is 18.4 Å².